The van der Waals surface area contributed by atoms with E-state index in [1.165, 1.54) is 84.0 Å². The van der Waals surface area contributed by atoms with Crippen LogP contribution in [0.2, 0.25) is 0 Å². The Balaban J connectivity index is 0.00000616. The van der Waals surface area contributed by atoms with E-state index in [4.69, 9.17) is 4.74 Å². The maximum absolute atomic E-state index is 13.2. The van der Waals surface area contributed by atoms with Crippen molar-refractivity contribution in [2.45, 2.75) is 110 Å². The van der Waals surface area contributed by atoms with Gasteiger partial charge in [-0.1, -0.05) is 120 Å². The summed E-state index contributed by atoms with van der Waals surface area (Å²) in [5.74, 6) is 0.00702. The molecule has 0 unspecified atom stereocenters. The summed E-state index contributed by atoms with van der Waals surface area (Å²) in [6.45, 7) is 5.07. The van der Waals surface area contributed by atoms with Gasteiger partial charge < -0.3 is 27.0 Å². The van der Waals surface area contributed by atoms with Gasteiger partial charge in [0.15, 0.2) is 18.5 Å². The van der Waals surface area contributed by atoms with Crippen LogP contribution in [0.5, 0.6) is 5.75 Å². The molecule has 2 aromatic carbocycles. The van der Waals surface area contributed by atoms with Crippen molar-refractivity contribution in [2.24, 2.45) is 0 Å². The fourth-order valence-corrected chi connectivity index (χ4v) is 5.67. The summed E-state index contributed by atoms with van der Waals surface area (Å²) >= 11 is 1.66. The molecule has 7 heteroatoms. The van der Waals surface area contributed by atoms with Crippen molar-refractivity contribution >= 4 is 28.7 Å². The van der Waals surface area contributed by atoms with Gasteiger partial charge in [-0.15, -0.1) is 0 Å². The molecule has 0 saturated carbocycles. The van der Waals surface area contributed by atoms with Gasteiger partial charge in [0.05, 0.1) is 23.1 Å². The molecule has 0 fully saturated rings. The van der Waals surface area contributed by atoms with Gasteiger partial charge in [0, 0.05) is 11.3 Å². The van der Waals surface area contributed by atoms with Crippen LogP contribution < -0.4 is 31.6 Å². The Morgan fingerprint density at radius 3 is 1.90 bits per heavy atom. The van der Waals surface area contributed by atoms with Crippen LogP contribution in [0, 0.1) is 0 Å². The number of rotatable bonds is 21. The number of ether oxygens (including phenoxy) is 1. The van der Waals surface area contributed by atoms with Crippen molar-refractivity contribution in [1.82, 2.24) is 0 Å². The second-order valence-electron chi connectivity index (χ2n) is 11.0. The minimum Gasteiger partial charge on any atom is -1.00 e. The second kappa shape index (κ2) is 21.2. The number of anilines is 1. The lowest BCUT2D eigenvalue weighted by Crippen LogP contribution is -3.00. The molecule has 3 aromatic rings. The molecule has 0 saturated heterocycles. The van der Waals surface area contributed by atoms with E-state index in [1.807, 2.05) is 35.8 Å². The number of aromatic nitrogens is 1. The molecule has 0 aliphatic heterocycles. The predicted octanol–water partition coefficient (Wildman–Crippen LogP) is 6.40. The van der Waals surface area contributed by atoms with Gasteiger partial charge in [-0.05, 0) is 37.6 Å². The number of benzene rings is 2. The molecular weight excluding hydrogens is 608 g/mol. The summed E-state index contributed by atoms with van der Waals surface area (Å²) in [4.78, 5) is 25.5. The molecule has 1 aromatic heterocycles. The lowest BCUT2D eigenvalue weighted by Gasteiger charge is -2.15. The van der Waals surface area contributed by atoms with Gasteiger partial charge in [-0.2, -0.15) is 4.57 Å². The predicted molar refractivity (Wildman–Crippen MR) is 170 cm³/mol. The van der Waals surface area contributed by atoms with Crippen LogP contribution in [0.15, 0.2) is 59.6 Å². The highest BCUT2D eigenvalue weighted by molar-refractivity contribution is 7.07. The van der Waals surface area contributed by atoms with Crippen molar-refractivity contribution in [3.05, 3.63) is 76.2 Å². The monoisotopic (exact) mass is 656 g/mol. The van der Waals surface area contributed by atoms with E-state index in [1.54, 1.807) is 29.5 Å². The maximum atomic E-state index is 13.2. The average Bonchev–Trinajstić information content (AvgIpc) is 3.49. The molecular formula is C35H49BrN2O3S. The summed E-state index contributed by atoms with van der Waals surface area (Å²) in [5.41, 5.74) is 4.77. The first-order valence-corrected chi connectivity index (χ1v) is 16.6. The van der Waals surface area contributed by atoms with E-state index in [0.29, 0.717) is 29.2 Å². The highest BCUT2D eigenvalue weighted by Crippen LogP contribution is 2.26. The fraction of sp³-hybridized carbons (Fsp3) is 0.514. The lowest BCUT2D eigenvalue weighted by atomic mass is 10.0. The molecule has 230 valence electrons. The third-order valence-corrected chi connectivity index (χ3v) is 8.16. The number of hydrogen-bond donors (Lipinski definition) is 1. The van der Waals surface area contributed by atoms with Crippen molar-refractivity contribution in [3.8, 4) is 5.75 Å². The largest absolute Gasteiger partial charge is 1.00 e. The molecule has 0 bridgehead atoms. The minimum atomic E-state index is -0.274. The zero-order valence-electron chi connectivity index (χ0n) is 25.5. The van der Waals surface area contributed by atoms with E-state index in [-0.39, 0.29) is 28.7 Å². The Morgan fingerprint density at radius 1 is 0.786 bits per heavy atom. The number of Topliss-reactive ketones (excluding diaryl/α,β-unsaturated/α-hetero) is 1. The Labute approximate surface area is 267 Å². The van der Waals surface area contributed by atoms with Crippen LogP contribution in [0.1, 0.15) is 130 Å². The highest BCUT2D eigenvalue weighted by Gasteiger charge is 2.19. The summed E-state index contributed by atoms with van der Waals surface area (Å²) < 4.78 is 8.21. The number of ketones is 1. The van der Waals surface area contributed by atoms with Gasteiger partial charge in [-0.3, -0.25) is 9.59 Å². The normalized spacial score (nSPS) is 10.7. The number of amides is 1. The number of thiazole rings is 1. The van der Waals surface area contributed by atoms with Crippen LogP contribution in [0.4, 0.5) is 5.69 Å². The SMILES string of the molecule is CCCCCCCCCCCCCCCCOc1c(C(C)=O)cccc1C(=O)Nc1ccc(C[n+]2ccsc2)cc1.[Br-]. The van der Waals surface area contributed by atoms with Gasteiger partial charge >= 0.3 is 0 Å². The minimum absolute atomic E-state index is 0. The summed E-state index contributed by atoms with van der Waals surface area (Å²) in [7, 11) is 0. The summed E-state index contributed by atoms with van der Waals surface area (Å²) in [6.07, 6.45) is 20.2. The van der Waals surface area contributed by atoms with Gasteiger partial charge in [-0.25, -0.2) is 0 Å². The number of carbonyl (C=O) groups is 2. The zero-order chi connectivity index (χ0) is 29.1. The first-order chi connectivity index (χ1) is 20.1. The van der Waals surface area contributed by atoms with Crippen molar-refractivity contribution in [1.29, 1.82) is 0 Å². The lowest BCUT2D eigenvalue weighted by molar-refractivity contribution is -0.683. The third kappa shape index (κ3) is 13.2. The topological polar surface area (TPSA) is 59.3 Å². The van der Waals surface area contributed by atoms with Gasteiger partial charge in [0.2, 0.25) is 5.51 Å². The van der Waals surface area contributed by atoms with E-state index < -0.39 is 0 Å². The Bertz CT molecular complexity index is 1170. The molecule has 1 amide bonds. The Kier molecular flexibility index (Phi) is 18.0. The third-order valence-electron chi connectivity index (χ3n) is 7.49. The first kappa shape index (κ1) is 35.7. The number of para-hydroxylation sites is 1. The number of hydrogen-bond acceptors (Lipinski definition) is 4. The number of halogens is 1. The van der Waals surface area contributed by atoms with Crippen LogP contribution in [0.3, 0.4) is 0 Å². The fourth-order valence-electron chi connectivity index (χ4n) is 5.07. The Hall–Kier alpha value is -2.51. The zero-order valence-corrected chi connectivity index (χ0v) is 27.9. The van der Waals surface area contributed by atoms with Gasteiger partial charge in [0.1, 0.15) is 5.75 Å². The molecule has 5 nitrogen and oxygen atoms in total. The van der Waals surface area contributed by atoms with E-state index in [2.05, 4.69) is 22.3 Å². The van der Waals surface area contributed by atoms with Crippen molar-refractivity contribution < 1.29 is 35.9 Å². The Morgan fingerprint density at radius 2 is 1.36 bits per heavy atom. The highest BCUT2D eigenvalue weighted by atomic mass is 79.9. The average molecular weight is 658 g/mol. The van der Waals surface area contributed by atoms with E-state index in [9.17, 15) is 9.59 Å². The second-order valence-corrected chi connectivity index (χ2v) is 11.8. The number of unbranched alkanes of at least 4 members (excludes halogenated alkanes) is 13. The standard InChI is InChI=1S/C35H48N2O3S.BrH/c1-3-4-5-6-7-8-9-10-11-12-13-14-15-16-25-40-34-32(29(2)38)18-17-19-33(34)35(39)36-31-22-20-30(21-23-31)27-37-24-26-41-28-37;/h17-24,26,28H,3-16,25,27H2,1-2H3;1H. The molecule has 3 rings (SSSR count). The summed E-state index contributed by atoms with van der Waals surface area (Å²) in [6, 6.07) is 13.0. The van der Waals surface area contributed by atoms with Crippen LogP contribution in [-0.4, -0.2) is 18.3 Å². The van der Waals surface area contributed by atoms with E-state index in [0.717, 1.165) is 24.9 Å². The molecule has 0 aliphatic carbocycles. The molecule has 0 aliphatic rings. The smallest absolute Gasteiger partial charge is 0.259 e. The quantitative estimate of drug-likeness (QED) is 0.0820. The van der Waals surface area contributed by atoms with Crippen LogP contribution in [-0.2, 0) is 6.54 Å². The summed E-state index contributed by atoms with van der Waals surface area (Å²) in [5, 5.41) is 5.01. The number of nitrogens with zero attached hydrogens (tertiary/aromatic N) is 1. The van der Waals surface area contributed by atoms with Crippen LogP contribution in [0.25, 0.3) is 0 Å². The molecule has 1 N–H and O–H groups in total. The first-order valence-electron chi connectivity index (χ1n) is 15.7. The molecule has 42 heavy (non-hydrogen) atoms. The van der Waals surface area contributed by atoms with Crippen molar-refractivity contribution in [3.63, 3.8) is 0 Å². The number of nitrogens with one attached hydrogen (secondary N) is 1. The van der Waals surface area contributed by atoms with E-state index >= 15 is 0 Å². The molecule has 1 heterocycles. The van der Waals surface area contributed by atoms with Crippen molar-refractivity contribution in [2.75, 3.05) is 11.9 Å². The maximum Gasteiger partial charge on any atom is 0.259 e. The molecule has 0 atom stereocenters. The number of carbonyl (C=O) groups excluding carboxylic acids is 2. The molecule has 0 spiro atoms. The van der Waals surface area contributed by atoms with Gasteiger partial charge in [0.25, 0.3) is 5.91 Å². The van der Waals surface area contributed by atoms with Crippen LogP contribution >= 0.6 is 11.3 Å². The molecule has 0 radical (unpaired) electrons.